The Bertz CT molecular complexity index is 1550. The largest absolute Gasteiger partial charge is 0.497 e. The first-order valence-corrected chi connectivity index (χ1v) is 15.1. The van der Waals surface area contributed by atoms with Crippen LogP contribution in [-0.4, -0.2) is 51.3 Å². The molecule has 0 aromatic heterocycles. The van der Waals surface area contributed by atoms with E-state index in [1.807, 2.05) is 55.5 Å². The van der Waals surface area contributed by atoms with E-state index in [9.17, 15) is 9.59 Å². The molecule has 1 heterocycles. The molecule has 5 rings (SSSR count). The minimum Gasteiger partial charge on any atom is -0.497 e. The predicted molar refractivity (Wildman–Crippen MR) is 167 cm³/mol. The van der Waals surface area contributed by atoms with Crippen molar-refractivity contribution < 1.29 is 42.7 Å². The highest BCUT2D eigenvalue weighted by Crippen LogP contribution is 2.56. The van der Waals surface area contributed by atoms with Crippen LogP contribution in [0.1, 0.15) is 68.2 Å². The van der Waals surface area contributed by atoms with Crippen LogP contribution in [0.2, 0.25) is 0 Å². The van der Waals surface area contributed by atoms with Gasteiger partial charge in [0.25, 0.3) is 0 Å². The monoisotopic (exact) mass is 616 g/mol. The van der Waals surface area contributed by atoms with E-state index in [2.05, 4.69) is 6.58 Å². The van der Waals surface area contributed by atoms with E-state index in [-0.39, 0.29) is 20.0 Å². The first-order chi connectivity index (χ1) is 21.6. The summed E-state index contributed by atoms with van der Waals surface area (Å²) in [5.74, 6) is 0.324. The van der Waals surface area contributed by atoms with Crippen molar-refractivity contribution >= 4 is 11.9 Å². The Hall–Kier alpha value is -4.66. The van der Waals surface area contributed by atoms with Crippen LogP contribution in [0.4, 0.5) is 0 Å². The number of fused-ring (bicyclic) bond motifs is 2. The molecule has 0 saturated carbocycles. The van der Waals surface area contributed by atoms with Crippen molar-refractivity contribution in [1.82, 2.24) is 0 Å². The molecule has 3 aromatic rings. The first kappa shape index (κ1) is 31.8. The van der Waals surface area contributed by atoms with Gasteiger partial charge < -0.3 is 33.2 Å². The summed E-state index contributed by atoms with van der Waals surface area (Å²) in [7, 11) is 1.56. The van der Waals surface area contributed by atoms with Crippen molar-refractivity contribution in [2.75, 3.05) is 33.7 Å². The molecular formula is C36H40O9. The maximum absolute atomic E-state index is 14.1. The average molecular weight is 617 g/mol. The van der Waals surface area contributed by atoms with Gasteiger partial charge >= 0.3 is 11.9 Å². The van der Waals surface area contributed by atoms with Gasteiger partial charge in [-0.15, -0.1) is 0 Å². The summed E-state index contributed by atoms with van der Waals surface area (Å²) in [6, 6.07) is 17.0. The molecule has 238 valence electrons. The summed E-state index contributed by atoms with van der Waals surface area (Å²) < 4.78 is 40.2. The molecule has 45 heavy (non-hydrogen) atoms. The van der Waals surface area contributed by atoms with Crippen LogP contribution in [-0.2, 0) is 19.1 Å². The standard InChI is InChI=1S/C36H40O9/c1-7-15-40-24-11-12-25-27(18-24)33(26-13-10-23(39-6)19-29(26)42-20-31(37)45-36(3,4)5)34(35(38)41-16-8-2)32(25)22-9-14-28-30(17-22)44-21-43-28/h8-14,17-19,32-34H,2,7,15-16,20-21H2,1,3-6H3/t32-,33+,34+/m0/s1. The molecule has 0 radical (unpaired) electrons. The minimum atomic E-state index is -0.709. The second-order valence-electron chi connectivity index (χ2n) is 11.9. The molecule has 9 nitrogen and oxygen atoms in total. The predicted octanol–water partition coefficient (Wildman–Crippen LogP) is 6.56. The van der Waals surface area contributed by atoms with Gasteiger partial charge in [-0.1, -0.05) is 37.8 Å². The summed E-state index contributed by atoms with van der Waals surface area (Å²) in [5.41, 5.74) is 2.72. The van der Waals surface area contributed by atoms with Crippen LogP contribution in [0.15, 0.2) is 67.3 Å². The van der Waals surface area contributed by atoms with Crippen LogP contribution < -0.4 is 23.7 Å². The zero-order valence-corrected chi connectivity index (χ0v) is 26.4. The molecule has 9 heteroatoms. The highest BCUT2D eigenvalue weighted by atomic mass is 16.7. The number of carbonyl (C=O) groups is 2. The van der Waals surface area contributed by atoms with Gasteiger partial charge in [-0.25, -0.2) is 4.79 Å². The molecule has 0 spiro atoms. The zero-order valence-electron chi connectivity index (χ0n) is 26.4. The van der Waals surface area contributed by atoms with Crippen LogP contribution in [0.5, 0.6) is 28.7 Å². The molecule has 0 unspecified atom stereocenters. The topological polar surface area (TPSA) is 98.8 Å². The molecule has 0 saturated heterocycles. The van der Waals surface area contributed by atoms with Gasteiger partial charge in [0.1, 0.15) is 29.5 Å². The zero-order chi connectivity index (χ0) is 32.1. The lowest BCUT2D eigenvalue weighted by Crippen LogP contribution is -2.28. The minimum absolute atomic E-state index is 0.0573. The maximum Gasteiger partial charge on any atom is 0.344 e. The Balaban J connectivity index is 1.66. The Morgan fingerprint density at radius 1 is 0.911 bits per heavy atom. The number of ether oxygens (including phenoxy) is 7. The lowest BCUT2D eigenvalue weighted by atomic mass is 9.79. The van der Waals surface area contributed by atoms with Crippen molar-refractivity contribution in [2.45, 2.75) is 51.6 Å². The molecule has 1 aliphatic heterocycles. The van der Waals surface area contributed by atoms with Gasteiger partial charge in [0.05, 0.1) is 19.6 Å². The number of carbonyl (C=O) groups excluding carboxylic acids is 2. The molecule has 2 aliphatic rings. The van der Waals surface area contributed by atoms with E-state index in [0.717, 1.165) is 23.1 Å². The van der Waals surface area contributed by atoms with Crippen LogP contribution in [0, 0.1) is 5.92 Å². The van der Waals surface area contributed by atoms with Gasteiger partial charge in [-0.2, -0.15) is 0 Å². The third kappa shape index (κ3) is 7.03. The molecule has 0 N–H and O–H groups in total. The fourth-order valence-electron chi connectivity index (χ4n) is 5.89. The van der Waals surface area contributed by atoms with Gasteiger partial charge in [0.2, 0.25) is 6.79 Å². The number of hydrogen-bond donors (Lipinski definition) is 0. The number of methoxy groups -OCH3 is 1. The number of benzene rings is 3. The molecule has 0 bridgehead atoms. The van der Waals surface area contributed by atoms with E-state index in [1.54, 1.807) is 40.0 Å². The lowest BCUT2D eigenvalue weighted by molar-refractivity contribution is -0.157. The van der Waals surface area contributed by atoms with E-state index >= 15 is 0 Å². The number of hydrogen-bond acceptors (Lipinski definition) is 9. The van der Waals surface area contributed by atoms with Crippen LogP contribution in [0.25, 0.3) is 0 Å². The quantitative estimate of drug-likeness (QED) is 0.166. The lowest BCUT2D eigenvalue weighted by Gasteiger charge is -2.26. The molecule has 0 fully saturated rings. The molecule has 1 aliphatic carbocycles. The molecular weight excluding hydrogens is 576 g/mol. The second-order valence-corrected chi connectivity index (χ2v) is 11.9. The van der Waals surface area contributed by atoms with Gasteiger partial charge in [-0.3, -0.25) is 4.79 Å². The van der Waals surface area contributed by atoms with Crippen LogP contribution in [0.3, 0.4) is 0 Å². The smallest absolute Gasteiger partial charge is 0.344 e. The number of esters is 2. The number of rotatable bonds is 12. The third-order valence-electron chi connectivity index (χ3n) is 7.61. The van der Waals surface area contributed by atoms with Crippen LogP contribution >= 0.6 is 0 Å². The van der Waals surface area contributed by atoms with Crippen molar-refractivity contribution in [3.8, 4) is 28.7 Å². The van der Waals surface area contributed by atoms with Gasteiger partial charge in [0, 0.05) is 23.5 Å². The second kappa shape index (κ2) is 13.5. The summed E-state index contributed by atoms with van der Waals surface area (Å²) in [6.45, 7) is 11.6. The van der Waals surface area contributed by atoms with E-state index in [4.69, 9.17) is 33.2 Å². The van der Waals surface area contributed by atoms with Crippen molar-refractivity contribution in [3.05, 3.63) is 89.5 Å². The van der Waals surface area contributed by atoms with E-state index < -0.39 is 35.3 Å². The molecule has 3 atom stereocenters. The maximum atomic E-state index is 14.1. The van der Waals surface area contributed by atoms with Crippen molar-refractivity contribution in [3.63, 3.8) is 0 Å². The highest BCUT2D eigenvalue weighted by molar-refractivity contribution is 5.80. The summed E-state index contributed by atoms with van der Waals surface area (Å²) in [5, 5.41) is 0. The molecule has 0 amide bonds. The van der Waals surface area contributed by atoms with E-state index in [1.165, 1.54) is 0 Å². The Labute approximate surface area is 264 Å². The van der Waals surface area contributed by atoms with Gasteiger partial charge in [0.15, 0.2) is 18.1 Å². The Morgan fingerprint density at radius 2 is 1.67 bits per heavy atom. The van der Waals surface area contributed by atoms with Crippen molar-refractivity contribution in [1.29, 1.82) is 0 Å². The Kier molecular flexibility index (Phi) is 9.56. The van der Waals surface area contributed by atoms with Crippen molar-refractivity contribution in [2.24, 2.45) is 5.92 Å². The fraction of sp³-hybridized carbons (Fsp3) is 0.389. The van der Waals surface area contributed by atoms with E-state index in [0.29, 0.717) is 40.9 Å². The average Bonchev–Trinajstić information content (AvgIpc) is 3.62. The van der Waals surface area contributed by atoms with Gasteiger partial charge in [-0.05, 0) is 74.2 Å². The Morgan fingerprint density at radius 3 is 2.40 bits per heavy atom. The normalized spacial score (nSPS) is 18.1. The SMILES string of the molecule is C=CCOC(=O)[C@H]1[C@H](c2ccc(OC)cc2OCC(=O)OC(C)(C)C)c2cc(OCCC)ccc2[C@@H]1c1ccc2c(c1)OCO2. The molecule has 3 aromatic carbocycles. The first-order valence-electron chi connectivity index (χ1n) is 15.1. The fourth-order valence-corrected chi connectivity index (χ4v) is 5.89. The summed E-state index contributed by atoms with van der Waals surface area (Å²) in [4.78, 5) is 26.8. The highest BCUT2D eigenvalue weighted by Gasteiger charge is 2.48. The summed E-state index contributed by atoms with van der Waals surface area (Å²) >= 11 is 0. The summed E-state index contributed by atoms with van der Waals surface area (Å²) in [6.07, 6.45) is 2.39. The third-order valence-corrected chi connectivity index (χ3v) is 7.61.